The van der Waals surface area contributed by atoms with Gasteiger partial charge in [0.05, 0.1) is 0 Å². The minimum absolute atomic E-state index is 0.00662. The largest absolute Gasteiger partial charge is 0.347 e. The van der Waals surface area contributed by atoms with Gasteiger partial charge >= 0.3 is 0 Å². The van der Waals surface area contributed by atoms with Gasteiger partial charge in [0, 0.05) is 15.6 Å². The maximum atomic E-state index is 12.1. The summed E-state index contributed by atoms with van der Waals surface area (Å²) in [5, 5.41) is 3.07. The number of nitrogens with one attached hydrogen (secondary N) is 1. The third-order valence-electron chi connectivity index (χ3n) is 2.63. The van der Waals surface area contributed by atoms with Crippen LogP contribution in [0.25, 0.3) is 0 Å². The molecule has 0 spiro atoms. The minimum Gasteiger partial charge on any atom is -0.347 e. The topological polar surface area (TPSA) is 29.1 Å². The Bertz CT molecular complexity index is 392. The lowest BCUT2D eigenvalue weighted by Crippen LogP contribution is -2.43. The summed E-state index contributed by atoms with van der Waals surface area (Å²) in [6.07, 6.45) is 2.04. The number of benzene rings is 1. The van der Waals surface area contributed by atoms with E-state index < -0.39 is 0 Å². The number of aryl methyl sites for hydroxylation is 1. The fraction of sp³-hybridized carbons (Fsp3) is 0.500. The lowest BCUT2D eigenvalue weighted by molar-refractivity contribution is 0.0909. The van der Waals surface area contributed by atoms with Gasteiger partial charge in [0.15, 0.2) is 0 Å². The van der Waals surface area contributed by atoms with E-state index in [9.17, 15) is 4.79 Å². The molecule has 0 bridgehead atoms. The molecule has 1 amide bonds. The summed E-state index contributed by atoms with van der Waals surface area (Å²) >= 11 is 3.41. The second-order valence-electron chi connectivity index (χ2n) is 5.11. The summed E-state index contributed by atoms with van der Waals surface area (Å²) in [5.41, 5.74) is 1.64. The average molecular weight is 298 g/mol. The highest BCUT2D eigenvalue weighted by Gasteiger charge is 2.20. The third kappa shape index (κ3) is 4.50. The summed E-state index contributed by atoms with van der Waals surface area (Å²) < 4.78 is 0.941. The van der Waals surface area contributed by atoms with Crippen molar-refractivity contribution in [2.45, 2.75) is 46.1 Å². The zero-order valence-electron chi connectivity index (χ0n) is 10.9. The highest BCUT2D eigenvalue weighted by atomic mass is 79.9. The Labute approximate surface area is 112 Å². The maximum Gasteiger partial charge on any atom is 0.251 e. The molecule has 0 unspecified atom stereocenters. The number of hydrogen-bond acceptors (Lipinski definition) is 1. The number of hydrogen-bond donors (Lipinski definition) is 1. The predicted molar refractivity (Wildman–Crippen MR) is 75.3 cm³/mol. The van der Waals surface area contributed by atoms with Crippen molar-refractivity contribution in [3.63, 3.8) is 0 Å². The molecule has 3 heteroatoms. The van der Waals surface area contributed by atoms with E-state index in [0.717, 1.165) is 22.9 Å². The van der Waals surface area contributed by atoms with Crippen LogP contribution in [0, 0.1) is 6.92 Å². The summed E-state index contributed by atoms with van der Waals surface area (Å²) in [4.78, 5) is 12.1. The van der Waals surface area contributed by atoms with E-state index in [1.54, 1.807) is 0 Å². The molecule has 1 aromatic carbocycles. The van der Waals surface area contributed by atoms with E-state index in [1.807, 2.05) is 25.1 Å². The fourth-order valence-corrected chi connectivity index (χ4v) is 2.54. The number of carbonyl (C=O) groups excluding carboxylic acids is 1. The summed E-state index contributed by atoms with van der Waals surface area (Å²) in [5.74, 6) is -0.00662. The second kappa shape index (κ2) is 5.67. The van der Waals surface area contributed by atoms with Gasteiger partial charge in [-0.05, 0) is 51.0 Å². The van der Waals surface area contributed by atoms with Crippen molar-refractivity contribution in [1.29, 1.82) is 0 Å². The van der Waals surface area contributed by atoms with Gasteiger partial charge in [-0.1, -0.05) is 29.3 Å². The van der Waals surface area contributed by atoms with E-state index in [1.165, 1.54) is 0 Å². The number of amides is 1. The summed E-state index contributed by atoms with van der Waals surface area (Å²) in [6, 6.07) is 5.75. The zero-order chi connectivity index (χ0) is 13.1. The van der Waals surface area contributed by atoms with Crippen LogP contribution in [-0.2, 0) is 0 Å². The Morgan fingerprint density at radius 1 is 1.35 bits per heavy atom. The standard InChI is InChI=1S/C14H20BrNO/c1-5-6-14(3,4)16-13(17)11-7-10(2)8-12(15)9-11/h7-9H,5-6H2,1-4H3,(H,16,17). The second-order valence-corrected chi connectivity index (χ2v) is 6.02. The summed E-state index contributed by atoms with van der Waals surface area (Å²) in [7, 11) is 0. The van der Waals surface area contributed by atoms with Crippen LogP contribution in [0.15, 0.2) is 22.7 Å². The molecule has 0 aliphatic carbocycles. The van der Waals surface area contributed by atoms with E-state index in [4.69, 9.17) is 0 Å². The molecule has 94 valence electrons. The van der Waals surface area contributed by atoms with Crippen molar-refractivity contribution < 1.29 is 4.79 Å². The molecule has 1 N–H and O–H groups in total. The lowest BCUT2D eigenvalue weighted by Gasteiger charge is -2.25. The SMILES string of the molecule is CCCC(C)(C)NC(=O)c1cc(C)cc(Br)c1. The minimum atomic E-state index is -0.151. The third-order valence-corrected chi connectivity index (χ3v) is 3.09. The van der Waals surface area contributed by atoms with Crippen molar-refractivity contribution in [2.24, 2.45) is 0 Å². The number of carbonyl (C=O) groups is 1. The molecule has 0 atom stereocenters. The number of rotatable bonds is 4. The molecule has 0 radical (unpaired) electrons. The maximum absolute atomic E-state index is 12.1. The van der Waals surface area contributed by atoms with Crippen LogP contribution < -0.4 is 5.32 Å². The first-order valence-electron chi connectivity index (χ1n) is 5.94. The van der Waals surface area contributed by atoms with Crippen LogP contribution in [0.1, 0.15) is 49.5 Å². The first-order valence-corrected chi connectivity index (χ1v) is 6.73. The number of halogens is 1. The first kappa shape index (κ1) is 14.2. The molecule has 0 heterocycles. The van der Waals surface area contributed by atoms with Gasteiger partial charge in [0.2, 0.25) is 0 Å². The monoisotopic (exact) mass is 297 g/mol. The van der Waals surface area contributed by atoms with Gasteiger partial charge in [0.1, 0.15) is 0 Å². The quantitative estimate of drug-likeness (QED) is 0.892. The van der Waals surface area contributed by atoms with Crippen LogP contribution in [0.2, 0.25) is 0 Å². The Balaban J connectivity index is 2.83. The van der Waals surface area contributed by atoms with Crippen LogP contribution >= 0.6 is 15.9 Å². The van der Waals surface area contributed by atoms with E-state index >= 15 is 0 Å². The predicted octanol–water partition coefficient (Wildman–Crippen LogP) is 4.07. The van der Waals surface area contributed by atoms with Gasteiger partial charge in [0.25, 0.3) is 5.91 Å². The molecule has 0 aliphatic heterocycles. The average Bonchev–Trinajstić information content (AvgIpc) is 2.14. The molecule has 2 nitrogen and oxygen atoms in total. The van der Waals surface area contributed by atoms with Gasteiger partial charge < -0.3 is 5.32 Å². The molecule has 0 aliphatic rings. The Kier molecular flexibility index (Phi) is 4.75. The van der Waals surface area contributed by atoms with Gasteiger partial charge in [-0.3, -0.25) is 4.79 Å². The van der Waals surface area contributed by atoms with Crippen LogP contribution in [0.4, 0.5) is 0 Å². The fourth-order valence-electron chi connectivity index (χ4n) is 1.93. The van der Waals surface area contributed by atoms with Crippen molar-refractivity contribution in [1.82, 2.24) is 5.32 Å². The van der Waals surface area contributed by atoms with Crippen LogP contribution in [0.3, 0.4) is 0 Å². The molecule has 17 heavy (non-hydrogen) atoms. The summed E-state index contributed by atoms with van der Waals surface area (Å²) in [6.45, 7) is 8.22. The molecule has 0 saturated heterocycles. The molecule has 1 rings (SSSR count). The Morgan fingerprint density at radius 3 is 2.53 bits per heavy atom. The molecular formula is C14H20BrNO. The van der Waals surface area contributed by atoms with Gasteiger partial charge in [-0.2, -0.15) is 0 Å². The normalized spacial score (nSPS) is 11.4. The highest BCUT2D eigenvalue weighted by molar-refractivity contribution is 9.10. The van der Waals surface area contributed by atoms with E-state index in [2.05, 4.69) is 42.0 Å². The van der Waals surface area contributed by atoms with Crippen LogP contribution in [-0.4, -0.2) is 11.4 Å². The van der Waals surface area contributed by atoms with Gasteiger partial charge in [-0.25, -0.2) is 0 Å². The van der Waals surface area contributed by atoms with Gasteiger partial charge in [-0.15, -0.1) is 0 Å². The van der Waals surface area contributed by atoms with Crippen LogP contribution in [0.5, 0.6) is 0 Å². The van der Waals surface area contributed by atoms with Crippen molar-refractivity contribution in [3.05, 3.63) is 33.8 Å². The molecule has 1 aromatic rings. The smallest absolute Gasteiger partial charge is 0.251 e. The zero-order valence-corrected chi connectivity index (χ0v) is 12.5. The molecule has 0 aromatic heterocycles. The Hall–Kier alpha value is -0.830. The van der Waals surface area contributed by atoms with E-state index in [0.29, 0.717) is 5.56 Å². The van der Waals surface area contributed by atoms with Crippen molar-refractivity contribution in [3.8, 4) is 0 Å². The first-order chi connectivity index (χ1) is 7.84. The lowest BCUT2D eigenvalue weighted by atomic mass is 9.98. The highest BCUT2D eigenvalue weighted by Crippen LogP contribution is 2.17. The molecular weight excluding hydrogens is 278 g/mol. The van der Waals surface area contributed by atoms with Crippen molar-refractivity contribution in [2.75, 3.05) is 0 Å². The molecule has 0 fully saturated rings. The Morgan fingerprint density at radius 2 is 2.00 bits per heavy atom. The van der Waals surface area contributed by atoms with E-state index in [-0.39, 0.29) is 11.4 Å². The molecule has 0 saturated carbocycles. The van der Waals surface area contributed by atoms with Crippen molar-refractivity contribution >= 4 is 21.8 Å².